The van der Waals surface area contributed by atoms with E-state index in [2.05, 4.69) is 11.4 Å². The Hall–Kier alpha value is -2.33. The Labute approximate surface area is 129 Å². The van der Waals surface area contributed by atoms with Crippen LogP contribution in [0.5, 0.6) is 5.75 Å². The van der Waals surface area contributed by atoms with Gasteiger partial charge in [-0.3, -0.25) is 4.79 Å². The predicted octanol–water partition coefficient (Wildman–Crippen LogP) is 2.24. The maximum Gasteiger partial charge on any atom is 0.254 e. The number of carbonyl (C=O) groups is 1. The number of hydrogen-bond acceptors (Lipinski definition) is 3. The average molecular weight is 294 g/mol. The number of nitrogens with zero attached hydrogens (tertiary/aromatic N) is 1. The number of aromatic hydroxyl groups is 1. The number of benzene rings is 2. The minimum absolute atomic E-state index is 0.0109. The van der Waals surface area contributed by atoms with Crippen LogP contribution in [-0.2, 0) is 13.0 Å². The first-order valence-corrected chi connectivity index (χ1v) is 7.65. The highest BCUT2D eigenvalue weighted by Gasteiger charge is 2.31. The van der Waals surface area contributed by atoms with Crippen molar-refractivity contribution >= 4 is 5.91 Å². The van der Waals surface area contributed by atoms with Gasteiger partial charge in [0.2, 0.25) is 0 Å². The lowest BCUT2D eigenvalue weighted by Crippen LogP contribution is -2.39. The third-order valence-corrected chi connectivity index (χ3v) is 4.61. The van der Waals surface area contributed by atoms with Gasteiger partial charge in [0.15, 0.2) is 0 Å². The second kappa shape index (κ2) is 5.14. The van der Waals surface area contributed by atoms with E-state index in [9.17, 15) is 9.90 Å². The van der Waals surface area contributed by atoms with Crippen LogP contribution >= 0.6 is 0 Å². The van der Waals surface area contributed by atoms with Crippen molar-refractivity contribution in [3.8, 4) is 5.75 Å². The Morgan fingerprint density at radius 3 is 2.82 bits per heavy atom. The monoisotopic (exact) mass is 294 g/mol. The van der Waals surface area contributed by atoms with Crippen LogP contribution in [0, 0.1) is 0 Å². The Balaban J connectivity index is 1.61. The lowest BCUT2D eigenvalue weighted by molar-refractivity contribution is 0.0759. The molecule has 112 valence electrons. The van der Waals surface area contributed by atoms with E-state index >= 15 is 0 Å². The third-order valence-electron chi connectivity index (χ3n) is 4.61. The number of phenols is 1. The summed E-state index contributed by atoms with van der Waals surface area (Å²) in [6.45, 7) is 2.10. The highest BCUT2D eigenvalue weighted by molar-refractivity contribution is 5.98. The van der Waals surface area contributed by atoms with Crippen molar-refractivity contribution in [1.29, 1.82) is 0 Å². The van der Waals surface area contributed by atoms with Crippen molar-refractivity contribution in [1.82, 2.24) is 10.2 Å². The molecule has 2 heterocycles. The lowest BCUT2D eigenvalue weighted by atomic mass is 9.93. The molecule has 2 aliphatic rings. The Bertz CT molecular complexity index is 742. The molecule has 4 nitrogen and oxygen atoms in total. The summed E-state index contributed by atoms with van der Waals surface area (Å²) in [5.41, 5.74) is 4.00. The fraction of sp³-hybridized carbons (Fsp3) is 0.278. The summed E-state index contributed by atoms with van der Waals surface area (Å²) < 4.78 is 0. The van der Waals surface area contributed by atoms with Gasteiger partial charge >= 0.3 is 0 Å². The predicted molar refractivity (Wildman–Crippen MR) is 83.7 cm³/mol. The van der Waals surface area contributed by atoms with Crippen LogP contribution in [-0.4, -0.2) is 29.0 Å². The summed E-state index contributed by atoms with van der Waals surface area (Å²) >= 11 is 0. The minimum atomic E-state index is -0.0109. The zero-order valence-corrected chi connectivity index (χ0v) is 12.2. The molecule has 2 aromatic carbocycles. The van der Waals surface area contributed by atoms with Gasteiger partial charge in [-0.1, -0.05) is 30.3 Å². The molecule has 0 aromatic heterocycles. The highest BCUT2D eigenvalue weighted by Crippen LogP contribution is 2.33. The molecule has 0 fully saturated rings. The number of nitrogens with one attached hydrogen (secondary N) is 1. The first-order chi connectivity index (χ1) is 10.7. The zero-order chi connectivity index (χ0) is 15.1. The molecule has 0 radical (unpaired) electrons. The molecule has 4 rings (SSSR count). The topological polar surface area (TPSA) is 52.6 Å². The molecule has 0 aliphatic carbocycles. The quantitative estimate of drug-likeness (QED) is 0.893. The van der Waals surface area contributed by atoms with E-state index in [0.717, 1.165) is 29.7 Å². The Morgan fingerprint density at radius 2 is 1.95 bits per heavy atom. The van der Waals surface area contributed by atoms with E-state index < -0.39 is 0 Å². The molecule has 0 saturated carbocycles. The fourth-order valence-corrected chi connectivity index (χ4v) is 3.54. The summed E-state index contributed by atoms with van der Waals surface area (Å²) in [6, 6.07) is 13.4. The van der Waals surface area contributed by atoms with Gasteiger partial charge in [0.1, 0.15) is 5.75 Å². The van der Waals surface area contributed by atoms with Crippen LogP contribution in [0.1, 0.15) is 33.1 Å². The van der Waals surface area contributed by atoms with Gasteiger partial charge in [-0.05, 0) is 36.2 Å². The van der Waals surface area contributed by atoms with Gasteiger partial charge in [0.25, 0.3) is 5.91 Å². The molecule has 2 N–H and O–H groups in total. The van der Waals surface area contributed by atoms with Crippen LogP contribution in [0.15, 0.2) is 42.5 Å². The van der Waals surface area contributed by atoms with E-state index in [1.165, 1.54) is 5.56 Å². The molecule has 1 atom stereocenters. The molecule has 2 aliphatic heterocycles. The first-order valence-electron chi connectivity index (χ1n) is 7.65. The molecule has 0 saturated heterocycles. The Kier molecular flexibility index (Phi) is 3.12. The van der Waals surface area contributed by atoms with Crippen molar-refractivity contribution in [3.63, 3.8) is 0 Å². The SMILES string of the molecule is O=C1c2ccccc2CN1C[C@H]1NCCc2cccc(O)c21. The van der Waals surface area contributed by atoms with E-state index in [0.29, 0.717) is 18.8 Å². The van der Waals surface area contributed by atoms with Gasteiger partial charge in [0.05, 0.1) is 6.04 Å². The first kappa shape index (κ1) is 13.3. The van der Waals surface area contributed by atoms with Crippen LogP contribution < -0.4 is 5.32 Å². The lowest BCUT2D eigenvalue weighted by Gasteiger charge is -2.30. The number of hydrogen-bond donors (Lipinski definition) is 2. The molecular weight excluding hydrogens is 276 g/mol. The maximum atomic E-state index is 12.5. The summed E-state index contributed by atoms with van der Waals surface area (Å²) in [4.78, 5) is 14.4. The standard InChI is InChI=1S/C18H18N2O2/c21-16-7-3-5-12-8-9-19-15(17(12)16)11-20-10-13-4-1-2-6-14(13)18(20)22/h1-7,15,19,21H,8-11H2/t15-/m1/s1. The van der Waals surface area contributed by atoms with Gasteiger partial charge in [0, 0.05) is 24.2 Å². The van der Waals surface area contributed by atoms with Crippen molar-refractivity contribution in [2.24, 2.45) is 0 Å². The number of phenolic OH excluding ortho intramolecular Hbond substituents is 1. The summed E-state index contributed by atoms with van der Waals surface area (Å²) in [5.74, 6) is 0.402. The summed E-state index contributed by atoms with van der Waals surface area (Å²) in [5, 5.41) is 13.6. The van der Waals surface area contributed by atoms with Crippen molar-refractivity contribution in [3.05, 3.63) is 64.7 Å². The average Bonchev–Trinajstić information content (AvgIpc) is 2.84. The van der Waals surface area contributed by atoms with E-state index in [1.54, 1.807) is 6.07 Å². The van der Waals surface area contributed by atoms with Crippen LogP contribution in [0.3, 0.4) is 0 Å². The van der Waals surface area contributed by atoms with Gasteiger partial charge in [-0.25, -0.2) is 0 Å². The molecule has 0 spiro atoms. The fourth-order valence-electron chi connectivity index (χ4n) is 3.54. The molecule has 0 bridgehead atoms. The smallest absolute Gasteiger partial charge is 0.254 e. The summed E-state index contributed by atoms with van der Waals surface area (Å²) in [6.07, 6.45) is 0.911. The van der Waals surface area contributed by atoms with Crippen LogP contribution in [0.4, 0.5) is 0 Å². The van der Waals surface area contributed by atoms with Crippen LogP contribution in [0.2, 0.25) is 0 Å². The van der Waals surface area contributed by atoms with Gasteiger partial charge in [-0.2, -0.15) is 0 Å². The molecular formula is C18H18N2O2. The van der Waals surface area contributed by atoms with Crippen molar-refractivity contribution < 1.29 is 9.90 Å². The summed E-state index contributed by atoms with van der Waals surface area (Å²) in [7, 11) is 0. The third kappa shape index (κ3) is 2.07. The minimum Gasteiger partial charge on any atom is -0.508 e. The van der Waals surface area contributed by atoms with Crippen LogP contribution in [0.25, 0.3) is 0 Å². The van der Waals surface area contributed by atoms with Crippen molar-refractivity contribution in [2.45, 2.75) is 19.0 Å². The second-order valence-corrected chi connectivity index (χ2v) is 5.95. The van der Waals surface area contributed by atoms with E-state index in [-0.39, 0.29) is 11.9 Å². The molecule has 2 aromatic rings. The van der Waals surface area contributed by atoms with E-state index in [1.807, 2.05) is 35.2 Å². The molecule has 0 unspecified atom stereocenters. The highest BCUT2D eigenvalue weighted by atomic mass is 16.3. The van der Waals surface area contributed by atoms with Crippen molar-refractivity contribution in [2.75, 3.05) is 13.1 Å². The van der Waals surface area contributed by atoms with Gasteiger partial charge in [-0.15, -0.1) is 0 Å². The molecule has 1 amide bonds. The number of fused-ring (bicyclic) bond motifs is 2. The zero-order valence-electron chi connectivity index (χ0n) is 12.2. The Morgan fingerprint density at radius 1 is 1.14 bits per heavy atom. The molecule has 4 heteroatoms. The molecule has 22 heavy (non-hydrogen) atoms. The van der Waals surface area contributed by atoms with E-state index in [4.69, 9.17) is 0 Å². The number of carbonyl (C=O) groups excluding carboxylic acids is 1. The van der Waals surface area contributed by atoms with Gasteiger partial charge < -0.3 is 15.3 Å². The normalized spacial score (nSPS) is 19.9. The second-order valence-electron chi connectivity index (χ2n) is 5.95. The number of amides is 1. The maximum absolute atomic E-state index is 12.5. The number of rotatable bonds is 2. The largest absolute Gasteiger partial charge is 0.508 e.